The molecular formula is C24H29N3O5. The van der Waals surface area contributed by atoms with E-state index in [2.05, 4.69) is 10.6 Å². The Morgan fingerprint density at radius 2 is 1.78 bits per heavy atom. The molecule has 3 unspecified atom stereocenters. The van der Waals surface area contributed by atoms with Crippen LogP contribution in [0.1, 0.15) is 29.8 Å². The number of hydrogen-bond donors (Lipinski definition) is 3. The Morgan fingerprint density at radius 3 is 2.31 bits per heavy atom. The largest absolute Gasteiger partial charge is 0.508 e. The Labute approximate surface area is 187 Å². The number of amides is 2. The molecule has 0 aromatic heterocycles. The Bertz CT molecular complexity index is 988. The van der Waals surface area contributed by atoms with Gasteiger partial charge >= 0.3 is 0 Å². The van der Waals surface area contributed by atoms with Crippen LogP contribution in [0.15, 0.2) is 48.5 Å². The monoisotopic (exact) mass is 439 g/mol. The summed E-state index contributed by atoms with van der Waals surface area (Å²) in [6.07, 6.45) is -0.296. The number of aromatic hydroxyl groups is 1. The lowest BCUT2D eigenvalue weighted by atomic mass is 9.92. The van der Waals surface area contributed by atoms with Gasteiger partial charge in [-0.3, -0.25) is 14.4 Å². The molecule has 0 saturated carbocycles. The van der Waals surface area contributed by atoms with E-state index in [-0.39, 0.29) is 24.6 Å². The third-order valence-corrected chi connectivity index (χ3v) is 5.88. The molecule has 1 saturated heterocycles. The lowest BCUT2D eigenvalue weighted by molar-refractivity contribution is -0.130. The topological polar surface area (TPSA) is 108 Å². The van der Waals surface area contributed by atoms with E-state index in [0.29, 0.717) is 5.56 Å². The minimum atomic E-state index is -1.16. The number of rotatable bonds is 7. The van der Waals surface area contributed by atoms with Crippen molar-refractivity contribution < 1.29 is 24.2 Å². The van der Waals surface area contributed by atoms with E-state index < -0.39 is 29.5 Å². The first kappa shape index (κ1) is 23.3. The molecular weight excluding hydrogens is 410 g/mol. The summed E-state index contributed by atoms with van der Waals surface area (Å²) in [7, 11) is 3.81. The van der Waals surface area contributed by atoms with Crippen LogP contribution in [0.2, 0.25) is 0 Å². The number of hydrogen-bond acceptors (Lipinski definition) is 6. The van der Waals surface area contributed by atoms with Crippen LogP contribution in [0.25, 0.3) is 0 Å². The quantitative estimate of drug-likeness (QED) is 0.606. The number of carbonyl (C=O) groups is 3. The molecule has 170 valence electrons. The summed E-state index contributed by atoms with van der Waals surface area (Å²) in [4.78, 5) is 40.3. The van der Waals surface area contributed by atoms with Crippen LogP contribution in [0.3, 0.4) is 0 Å². The van der Waals surface area contributed by atoms with E-state index in [0.717, 1.165) is 11.3 Å². The van der Waals surface area contributed by atoms with Crippen LogP contribution < -0.4 is 15.5 Å². The zero-order valence-corrected chi connectivity index (χ0v) is 18.7. The van der Waals surface area contributed by atoms with Crippen molar-refractivity contribution in [2.45, 2.75) is 38.0 Å². The van der Waals surface area contributed by atoms with Crippen molar-refractivity contribution in [1.82, 2.24) is 10.6 Å². The maximum atomic E-state index is 13.2. The Hall–Kier alpha value is -3.39. The van der Waals surface area contributed by atoms with E-state index in [4.69, 9.17) is 4.74 Å². The van der Waals surface area contributed by atoms with E-state index in [1.54, 1.807) is 38.1 Å². The fourth-order valence-corrected chi connectivity index (χ4v) is 3.49. The van der Waals surface area contributed by atoms with Gasteiger partial charge in [0.15, 0.2) is 5.78 Å². The Morgan fingerprint density at radius 1 is 1.16 bits per heavy atom. The molecule has 2 aromatic rings. The molecule has 2 amide bonds. The van der Waals surface area contributed by atoms with Crippen molar-refractivity contribution in [2.24, 2.45) is 0 Å². The smallest absolute Gasteiger partial charge is 0.251 e. The molecule has 3 N–H and O–H groups in total. The predicted octanol–water partition coefficient (Wildman–Crippen LogP) is 1.66. The number of benzene rings is 2. The molecule has 0 spiro atoms. The molecule has 1 aliphatic heterocycles. The van der Waals surface area contributed by atoms with Gasteiger partial charge in [-0.25, -0.2) is 0 Å². The minimum Gasteiger partial charge on any atom is -0.508 e. The molecule has 2 aromatic carbocycles. The number of phenolic OH excluding ortho intramolecular Hbond substituents is 1. The van der Waals surface area contributed by atoms with Crippen LogP contribution in [-0.4, -0.2) is 61.1 Å². The molecule has 8 nitrogen and oxygen atoms in total. The van der Waals surface area contributed by atoms with Gasteiger partial charge in [0.25, 0.3) is 5.91 Å². The van der Waals surface area contributed by atoms with Crippen LogP contribution in [0.5, 0.6) is 5.75 Å². The number of ether oxygens (including phenoxy) is 1. The van der Waals surface area contributed by atoms with E-state index in [1.165, 1.54) is 12.1 Å². The molecule has 1 heterocycles. The molecule has 32 heavy (non-hydrogen) atoms. The highest BCUT2D eigenvalue weighted by molar-refractivity contribution is 6.00. The summed E-state index contributed by atoms with van der Waals surface area (Å²) in [6, 6.07) is 12.5. The lowest BCUT2D eigenvalue weighted by Gasteiger charge is -2.30. The van der Waals surface area contributed by atoms with Crippen molar-refractivity contribution in [1.29, 1.82) is 0 Å². The number of nitrogens with one attached hydrogen (secondary N) is 2. The Balaban J connectivity index is 1.81. The summed E-state index contributed by atoms with van der Waals surface area (Å²) in [5.41, 5.74) is 0.946. The summed E-state index contributed by atoms with van der Waals surface area (Å²) in [5, 5.41) is 15.1. The van der Waals surface area contributed by atoms with Crippen molar-refractivity contribution in [3.8, 4) is 5.75 Å². The minimum absolute atomic E-state index is 0.0643. The number of Topliss-reactive ketones (excluding diaryl/α,β-unsaturated/α-hetero) is 1. The first-order valence-electron chi connectivity index (χ1n) is 10.4. The maximum absolute atomic E-state index is 13.2. The van der Waals surface area contributed by atoms with Crippen LogP contribution >= 0.6 is 0 Å². The van der Waals surface area contributed by atoms with Crippen molar-refractivity contribution in [3.63, 3.8) is 0 Å². The molecule has 0 radical (unpaired) electrons. The number of ketones is 1. The van der Waals surface area contributed by atoms with Gasteiger partial charge in [0.1, 0.15) is 23.9 Å². The van der Waals surface area contributed by atoms with Crippen molar-refractivity contribution >= 4 is 23.3 Å². The van der Waals surface area contributed by atoms with Crippen LogP contribution in [-0.2, 0) is 20.7 Å². The standard InChI is InChI=1S/C24H29N3O5/c1-15-24(2,21(29)14-32-15)26-23(31)20(13-16-5-11-19(28)12-6-16)25-22(30)17-7-9-18(10-8-17)27(3)4/h5-12,15,20,28H,13-14H2,1-4H3,(H,25,30)(H,26,31). The van der Waals surface area contributed by atoms with Crippen molar-refractivity contribution in [3.05, 3.63) is 59.7 Å². The average molecular weight is 440 g/mol. The zero-order chi connectivity index (χ0) is 23.5. The molecule has 0 aliphatic carbocycles. The fraction of sp³-hybridized carbons (Fsp3) is 0.375. The van der Waals surface area contributed by atoms with Crippen molar-refractivity contribution in [2.75, 3.05) is 25.6 Å². The van der Waals surface area contributed by atoms with Gasteiger partial charge in [0.2, 0.25) is 5.91 Å². The van der Waals surface area contributed by atoms with Gasteiger partial charge in [-0.15, -0.1) is 0 Å². The summed E-state index contributed by atoms with van der Waals surface area (Å²) < 4.78 is 5.39. The molecule has 1 fully saturated rings. The second-order valence-electron chi connectivity index (χ2n) is 8.41. The van der Waals surface area contributed by atoms with Gasteiger partial charge in [-0.2, -0.15) is 0 Å². The van der Waals surface area contributed by atoms with Gasteiger partial charge in [-0.1, -0.05) is 12.1 Å². The van der Waals surface area contributed by atoms with Crippen LogP contribution in [0, 0.1) is 0 Å². The second-order valence-corrected chi connectivity index (χ2v) is 8.41. The SMILES string of the molecule is CC1OCC(=O)C1(C)NC(=O)C(Cc1ccc(O)cc1)NC(=O)c1ccc(N(C)C)cc1. The first-order chi connectivity index (χ1) is 15.1. The fourth-order valence-electron chi connectivity index (χ4n) is 3.49. The normalized spacial score (nSPS) is 21.1. The zero-order valence-electron chi connectivity index (χ0n) is 18.7. The van der Waals surface area contributed by atoms with E-state index in [9.17, 15) is 19.5 Å². The summed E-state index contributed by atoms with van der Waals surface area (Å²) >= 11 is 0. The van der Waals surface area contributed by atoms with Gasteiger partial charge < -0.3 is 25.4 Å². The summed E-state index contributed by atoms with van der Waals surface area (Å²) in [6.45, 7) is 3.29. The summed E-state index contributed by atoms with van der Waals surface area (Å²) in [5.74, 6) is -0.992. The third-order valence-electron chi connectivity index (χ3n) is 5.88. The number of anilines is 1. The maximum Gasteiger partial charge on any atom is 0.251 e. The molecule has 0 bridgehead atoms. The highest BCUT2D eigenvalue weighted by Gasteiger charge is 2.47. The average Bonchev–Trinajstić information content (AvgIpc) is 3.01. The molecule has 8 heteroatoms. The second kappa shape index (κ2) is 9.40. The number of nitrogens with zero attached hydrogens (tertiary/aromatic N) is 1. The number of carbonyl (C=O) groups excluding carboxylic acids is 3. The number of phenols is 1. The molecule has 3 rings (SSSR count). The highest BCUT2D eigenvalue weighted by atomic mass is 16.5. The van der Waals surface area contributed by atoms with Gasteiger partial charge in [0, 0.05) is 31.8 Å². The third kappa shape index (κ3) is 5.08. The lowest BCUT2D eigenvalue weighted by Crippen LogP contribution is -2.60. The Kier molecular flexibility index (Phi) is 6.84. The molecule has 1 aliphatic rings. The van der Waals surface area contributed by atoms with Gasteiger partial charge in [0.05, 0.1) is 6.10 Å². The van der Waals surface area contributed by atoms with E-state index >= 15 is 0 Å². The molecule has 3 atom stereocenters. The highest BCUT2D eigenvalue weighted by Crippen LogP contribution is 2.23. The van der Waals surface area contributed by atoms with Gasteiger partial charge in [-0.05, 0) is 55.8 Å². The van der Waals surface area contributed by atoms with Crippen LogP contribution in [0.4, 0.5) is 5.69 Å². The first-order valence-corrected chi connectivity index (χ1v) is 10.4. The van der Waals surface area contributed by atoms with E-state index in [1.807, 2.05) is 31.1 Å². The predicted molar refractivity (Wildman–Crippen MR) is 121 cm³/mol.